The smallest absolute Gasteiger partial charge is 0.175 e. The molecule has 0 spiro atoms. The molecule has 0 radical (unpaired) electrons. The highest BCUT2D eigenvalue weighted by Crippen LogP contribution is 2.40. The molecule has 1 aliphatic heterocycles. The van der Waals surface area contributed by atoms with E-state index < -0.39 is 21.5 Å². The first kappa shape index (κ1) is 27.7. The summed E-state index contributed by atoms with van der Waals surface area (Å²) < 4.78 is 59.4. The second kappa shape index (κ2) is 11.1. The Hall–Kier alpha value is -4.48. The zero-order valence-corrected chi connectivity index (χ0v) is 23.8. The molecule has 1 saturated heterocycles. The maximum absolute atomic E-state index is 15.4. The van der Waals surface area contributed by atoms with Crippen molar-refractivity contribution in [2.75, 3.05) is 42.8 Å². The summed E-state index contributed by atoms with van der Waals surface area (Å²) in [4.78, 5) is 16.0. The SMILES string of the molecule is Cc1c(-c2ccccn2)nc2cc(F)cc(F)c2c1Nc1cc(N2CCOCC2)ncc1-c1ccc(S(C)(=O)=O)cc1. The van der Waals surface area contributed by atoms with Gasteiger partial charge in [0.25, 0.3) is 0 Å². The lowest BCUT2D eigenvalue weighted by Crippen LogP contribution is -2.36. The Morgan fingerprint density at radius 3 is 2.43 bits per heavy atom. The third-order valence-corrected chi connectivity index (χ3v) is 8.36. The number of halogens is 2. The Labute approximate surface area is 242 Å². The van der Waals surface area contributed by atoms with E-state index in [1.807, 2.05) is 19.1 Å². The van der Waals surface area contributed by atoms with E-state index in [-0.39, 0.29) is 15.8 Å². The van der Waals surface area contributed by atoms with Crippen LogP contribution in [-0.4, -0.2) is 55.9 Å². The number of morpholine rings is 1. The van der Waals surface area contributed by atoms with Crippen LogP contribution < -0.4 is 10.2 Å². The van der Waals surface area contributed by atoms with Crippen LogP contribution >= 0.6 is 0 Å². The van der Waals surface area contributed by atoms with Gasteiger partial charge in [0.15, 0.2) is 9.84 Å². The van der Waals surface area contributed by atoms with Crippen LogP contribution in [0.25, 0.3) is 33.4 Å². The minimum absolute atomic E-state index is 0.136. The van der Waals surface area contributed by atoms with E-state index >= 15 is 4.39 Å². The molecule has 1 N–H and O–H groups in total. The number of benzene rings is 2. The molecule has 0 amide bonds. The molecule has 3 aromatic heterocycles. The molecule has 8 nitrogen and oxygen atoms in total. The standard InChI is InChI=1S/C31H27F2N5O3S/c1-19-30(25-5-3-4-10-34-25)37-27-16-21(32)15-24(33)29(27)31(19)36-26-17-28(38-11-13-41-14-12-38)35-18-23(26)20-6-8-22(9-7-20)42(2,39)40/h3-10,15-18H,11-14H2,1-2H3,(H,35,36,37). The summed E-state index contributed by atoms with van der Waals surface area (Å²) in [7, 11) is -3.39. The quantitative estimate of drug-likeness (QED) is 0.261. The van der Waals surface area contributed by atoms with E-state index in [0.717, 1.165) is 12.3 Å². The Balaban J connectivity index is 1.55. The lowest BCUT2D eigenvalue weighted by atomic mass is 10.0. The average molecular weight is 588 g/mol. The third kappa shape index (κ3) is 5.40. The van der Waals surface area contributed by atoms with Gasteiger partial charge in [-0.3, -0.25) is 4.98 Å². The van der Waals surface area contributed by atoms with Crippen molar-refractivity contribution in [3.63, 3.8) is 0 Å². The van der Waals surface area contributed by atoms with Gasteiger partial charge >= 0.3 is 0 Å². The van der Waals surface area contributed by atoms with Crippen molar-refractivity contribution < 1.29 is 21.9 Å². The molecule has 0 aliphatic carbocycles. The van der Waals surface area contributed by atoms with Crippen LogP contribution in [-0.2, 0) is 14.6 Å². The van der Waals surface area contributed by atoms with E-state index in [2.05, 4.69) is 20.2 Å². The molecular formula is C31H27F2N5O3S. The van der Waals surface area contributed by atoms with Gasteiger partial charge in [-0.15, -0.1) is 0 Å². The van der Waals surface area contributed by atoms with E-state index in [1.54, 1.807) is 48.8 Å². The summed E-state index contributed by atoms with van der Waals surface area (Å²) in [6.45, 7) is 4.26. The average Bonchev–Trinajstić information content (AvgIpc) is 2.99. The number of sulfone groups is 1. The molecule has 1 aliphatic rings. The number of nitrogens with zero attached hydrogens (tertiary/aromatic N) is 4. The molecule has 5 aromatic rings. The second-order valence-corrected chi connectivity index (χ2v) is 12.1. The van der Waals surface area contributed by atoms with Crippen molar-refractivity contribution in [1.82, 2.24) is 15.0 Å². The van der Waals surface area contributed by atoms with E-state index in [1.165, 1.54) is 6.07 Å². The summed E-state index contributed by atoms with van der Waals surface area (Å²) >= 11 is 0. The fourth-order valence-corrected chi connectivity index (χ4v) is 5.70. The number of aromatic nitrogens is 3. The van der Waals surface area contributed by atoms with Crippen LogP contribution in [0, 0.1) is 18.6 Å². The van der Waals surface area contributed by atoms with E-state index in [0.29, 0.717) is 71.6 Å². The van der Waals surface area contributed by atoms with Crippen molar-refractivity contribution in [2.45, 2.75) is 11.8 Å². The first-order chi connectivity index (χ1) is 20.2. The Morgan fingerprint density at radius 2 is 1.74 bits per heavy atom. The van der Waals surface area contributed by atoms with Gasteiger partial charge < -0.3 is 15.0 Å². The second-order valence-electron chi connectivity index (χ2n) is 10.1. The summed E-state index contributed by atoms with van der Waals surface area (Å²) in [6, 6.07) is 15.8. The molecule has 4 heterocycles. The number of nitrogens with one attached hydrogen (secondary N) is 1. The number of rotatable bonds is 6. The van der Waals surface area contributed by atoms with Gasteiger partial charge in [0.2, 0.25) is 0 Å². The maximum Gasteiger partial charge on any atom is 0.175 e. The minimum Gasteiger partial charge on any atom is -0.378 e. The zero-order chi connectivity index (χ0) is 29.4. The Bertz CT molecular complexity index is 1900. The highest BCUT2D eigenvalue weighted by molar-refractivity contribution is 7.90. The van der Waals surface area contributed by atoms with Gasteiger partial charge in [-0.1, -0.05) is 18.2 Å². The van der Waals surface area contributed by atoms with Crippen molar-refractivity contribution in [3.8, 4) is 22.5 Å². The lowest BCUT2D eigenvalue weighted by Gasteiger charge is -2.28. The van der Waals surface area contributed by atoms with Crippen LogP contribution in [0.2, 0.25) is 0 Å². The number of pyridine rings is 3. The zero-order valence-electron chi connectivity index (χ0n) is 22.9. The summed E-state index contributed by atoms with van der Waals surface area (Å²) in [5.41, 5.74) is 4.19. The molecule has 0 bridgehead atoms. The third-order valence-electron chi connectivity index (χ3n) is 7.23. The molecule has 42 heavy (non-hydrogen) atoms. The Morgan fingerprint density at radius 1 is 0.976 bits per heavy atom. The topological polar surface area (TPSA) is 97.3 Å². The number of ether oxygens (including phenoxy) is 1. The summed E-state index contributed by atoms with van der Waals surface area (Å²) in [5, 5.41) is 3.57. The molecule has 6 rings (SSSR count). The monoisotopic (exact) mass is 587 g/mol. The number of hydrogen-bond donors (Lipinski definition) is 1. The number of fused-ring (bicyclic) bond motifs is 1. The largest absolute Gasteiger partial charge is 0.378 e. The van der Waals surface area contributed by atoms with Crippen LogP contribution in [0.3, 0.4) is 0 Å². The molecule has 1 fully saturated rings. The van der Waals surface area contributed by atoms with Crippen molar-refractivity contribution in [2.24, 2.45) is 0 Å². The molecule has 2 aromatic carbocycles. The van der Waals surface area contributed by atoms with Gasteiger partial charge in [-0.25, -0.2) is 27.2 Å². The van der Waals surface area contributed by atoms with Crippen molar-refractivity contribution in [3.05, 3.63) is 90.3 Å². The van der Waals surface area contributed by atoms with Crippen LogP contribution in [0.1, 0.15) is 5.56 Å². The van der Waals surface area contributed by atoms with Crippen LogP contribution in [0.15, 0.2) is 78.0 Å². The molecular weight excluding hydrogens is 560 g/mol. The van der Waals surface area contributed by atoms with Gasteiger partial charge in [0.1, 0.15) is 17.5 Å². The highest BCUT2D eigenvalue weighted by Gasteiger charge is 2.21. The number of hydrogen-bond acceptors (Lipinski definition) is 8. The normalized spacial score (nSPS) is 13.9. The van der Waals surface area contributed by atoms with Crippen molar-refractivity contribution >= 4 is 37.9 Å². The maximum atomic E-state index is 15.4. The fourth-order valence-electron chi connectivity index (χ4n) is 5.07. The van der Waals surface area contributed by atoms with E-state index in [9.17, 15) is 12.8 Å². The predicted octanol–water partition coefficient (Wildman–Crippen LogP) is 5.93. The molecule has 0 saturated carbocycles. The summed E-state index contributed by atoms with van der Waals surface area (Å²) in [5.74, 6) is -0.790. The van der Waals surface area contributed by atoms with Gasteiger partial charge in [0, 0.05) is 61.1 Å². The van der Waals surface area contributed by atoms with Gasteiger partial charge in [-0.05, 0) is 36.8 Å². The first-order valence-corrected chi connectivity index (χ1v) is 15.2. The molecule has 0 atom stereocenters. The van der Waals surface area contributed by atoms with Crippen LogP contribution in [0.4, 0.5) is 26.0 Å². The predicted molar refractivity (Wildman–Crippen MR) is 159 cm³/mol. The minimum atomic E-state index is -3.39. The highest BCUT2D eigenvalue weighted by atomic mass is 32.2. The molecule has 0 unspecified atom stereocenters. The van der Waals surface area contributed by atoms with Gasteiger partial charge in [0.05, 0.1) is 51.8 Å². The van der Waals surface area contributed by atoms with E-state index in [4.69, 9.17) is 9.72 Å². The van der Waals surface area contributed by atoms with Crippen LogP contribution in [0.5, 0.6) is 0 Å². The Kier molecular flexibility index (Phi) is 7.29. The molecule has 214 valence electrons. The fraction of sp³-hybridized carbons (Fsp3) is 0.194. The first-order valence-electron chi connectivity index (χ1n) is 13.3. The van der Waals surface area contributed by atoms with Crippen molar-refractivity contribution in [1.29, 1.82) is 0 Å². The number of anilines is 3. The summed E-state index contributed by atoms with van der Waals surface area (Å²) in [6.07, 6.45) is 4.49. The van der Waals surface area contributed by atoms with Gasteiger partial charge in [-0.2, -0.15) is 0 Å². The molecule has 11 heteroatoms. The lowest BCUT2D eigenvalue weighted by molar-refractivity contribution is 0.122.